The van der Waals surface area contributed by atoms with E-state index in [0.29, 0.717) is 0 Å². The van der Waals surface area contributed by atoms with Crippen LogP contribution in [0.4, 0.5) is 23.2 Å². The summed E-state index contributed by atoms with van der Waals surface area (Å²) in [7, 11) is 0. The van der Waals surface area contributed by atoms with Crippen molar-refractivity contribution < 1.29 is 27.1 Å². The first kappa shape index (κ1) is 19.2. The number of anilines is 1. The van der Waals surface area contributed by atoms with Gasteiger partial charge in [-0.25, -0.2) is 4.39 Å². The summed E-state index contributed by atoms with van der Waals surface area (Å²) >= 11 is 0. The summed E-state index contributed by atoms with van der Waals surface area (Å²) in [4.78, 5) is 12.7. The van der Waals surface area contributed by atoms with E-state index in [1.54, 1.807) is 0 Å². The van der Waals surface area contributed by atoms with Gasteiger partial charge in [0.05, 0.1) is 11.6 Å². The minimum atomic E-state index is -4.54. The lowest BCUT2D eigenvalue weighted by Crippen LogP contribution is -2.21. The molecule has 1 N–H and O–H groups in total. The standard InChI is InChI=1S/C20H19F4NO2/c1-19(2)16(12-6-4-3-5-7-12)17(19)18(26)25-14-10-13(21)8-9-15(14)27-11-20(22,23)24/h3-10,16-17H,11H2,1-2H3,(H,25,26)/t16-,17+/m1/s1. The van der Waals surface area contributed by atoms with E-state index in [4.69, 9.17) is 4.74 Å². The van der Waals surface area contributed by atoms with Crippen molar-refractivity contribution in [2.75, 3.05) is 11.9 Å². The van der Waals surface area contributed by atoms with Crippen molar-refractivity contribution in [1.82, 2.24) is 0 Å². The van der Waals surface area contributed by atoms with Crippen LogP contribution >= 0.6 is 0 Å². The zero-order valence-electron chi connectivity index (χ0n) is 14.8. The van der Waals surface area contributed by atoms with Gasteiger partial charge < -0.3 is 10.1 Å². The van der Waals surface area contributed by atoms with Gasteiger partial charge in [0.25, 0.3) is 0 Å². The van der Waals surface area contributed by atoms with Gasteiger partial charge >= 0.3 is 6.18 Å². The first-order valence-electron chi connectivity index (χ1n) is 8.44. The van der Waals surface area contributed by atoms with Crippen molar-refractivity contribution in [3.05, 3.63) is 59.9 Å². The van der Waals surface area contributed by atoms with Crippen LogP contribution in [0.1, 0.15) is 25.3 Å². The molecule has 0 aliphatic heterocycles. The zero-order chi connectivity index (χ0) is 19.8. The Hall–Kier alpha value is -2.57. The number of halogens is 4. The Morgan fingerprint density at radius 2 is 1.81 bits per heavy atom. The highest BCUT2D eigenvalue weighted by atomic mass is 19.4. The maximum atomic E-state index is 13.6. The van der Waals surface area contributed by atoms with Crippen LogP contribution in [0.5, 0.6) is 5.75 Å². The molecule has 0 unspecified atom stereocenters. The summed E-state index contributed by atoms with van der Waals surface area (Å²) in [5.41, 5.74) is 0.584. The Morgan fingerprint density at radius 1 is 1.15 bits per heavy atom. The van der Waals surface area contributed by atoms with Crippen molar-refractivity contribution in [2.45, 2.75) is 25.9 Å². The maximum Gasteiger partial charge on any atom is 0.422 e. The monoisotopic (exact) mass is 381 g/mol. The molecular weight excluding hydrogens is 362 g/mol. The van der Waals surface area contributed by atoms with Crippen molar-refractivity contribution in [2.24, 2.45) is 11.3 Å². The van der Waals surface area contributed by atoms with Gasteiger partial charge in [-0.1, -0.05) is 44.2 Å². The van der Waals surface area contributed by atoms with Gasteiger partial charge in [-0.15, -0.1) is 0 Å². The second kappa shape index (κ2) is 6.87. The van der Waals surface area contributed by atoms with Crippen molar-refractivity contribution >= 4 is 11.6 Å². The molecule has 144 valence electrons. The number of benzene rings is 2. The largest absolute Gasteiger partial charge is 0.482 e. The van der Waals surface area contributed by atoms with Crippen LogP contribution in [-0.2, 0) is 4.79 Å². The van der Waals surface area contributed by atoms with Crippen LogP contribution in [0.25, 0.3) is 0 Å². The highest BCUT2D eigenvalue weighted by molar-refractivity contribution is 5.97. The molecule has 1 fully saturated rings. The third-order valence-electron chi connectivity index (χ3n) is 4.86. The summed E-state index contributed by atoms with van der Waals surface area (Å²) < 4.78 is 55.5. The number of ether oxygens (including phenoxy) is 1. The molecule has 2 atom stereocenters. The van der Waals surface area contributed by atoms with E-state index in [1.807, 2.05) is 44.2 Å². The molecule has 1 amide bonds. The smallest absolute Gasteiger partial charge is 0.422 e. The predicted octanol–water partition coefficient (Wildman–Crippen LogP) is 5.15. The molecule has 0 saturated heterocycles. The number of nitrogens with one attached hydrogen (secondary N) is 1. The van der Waals surface area contributed by atoms with Crippen LogP contribution in [0.3, 0.4) is 0 Å². The van der Waals surface area contributed by atoms with Crippen molar-refractivity contribution in [3.8, 4) is 5.75 Å². The van der Waals surface area contributed by atoms with Gasteiger partial charge in [0.2, 0.25) is 5.91 Å². The summed E-state index contributed by atoms with van der Waals surface area (Å²) in [6, 6.07) is 12.5. The zero-order valence-corrected chi connectivity index (χ0v) is 14.8. The van der Waals surface area contributed by atoms with E-state index in [1.165, 1.54) is 0 Å². The van der Waals surface area contributed by atoms with Gasteiger partial charge in [-0.05, 0) is 23.1 Å². The normalized spacial score (nSPS) is 20.8. The molecule has 0 radical (unpaired) electrons. The topological polar surface area (TPSA) is 38.3 Å². The average Bonchev–Trinajstić information content (AvgIpc) is 3.16. The molecule has 0 aromatic heterocycles. The number of amides is 1. The lowest BCUT2D eigenvalue weighted by molar-refractivity contribution is -0.153. The highest BCUT2D eigenvalue weighted by Gasteiger charge is 2.62. The van der Waals surface area contributed by atoms with Crippen LogP contribution in [0.2, 0.25) is 0 Å². The molecule has 0 spiro atoms. The van der Waals surface area contributed by atoms with Crippen molar-refractivity contribution in [1.29, 1.82) is 0 Å². The van der Waals surface area contributed by atoms with Gasteiger partial charge in [0.1, 0.15) is 11.6 Å². The van der Waals surface area contributed by atoms with E-state index < -0.39 is 18.6 Å². The molecule has 2 aromatic carbocycles. The van der Waals surface area contributed by atoms with E-state index in [-0.39, 0.29) is 34.6 Å². The van der Waals surface area contributed by atoms with Crippen LogP contribution < -0.4 is 10.1 Å². The quantitative estimate of drug-likeness (QED) is 0.728. The Labute approximate surface area is 154 Å². The molecule has 0 heterocycles. The molecule has 3 rings (SSSR count). The summed E-state index contributed by atoms with van der Waals surface area (Å²) in [5.74, 6) is -1.68. The fourth-order valence-electron chi connectivity index (χ4n) is 3.51. The van der Waals surface area contributed by atoms with Crippen LogP contribution in [-0.4, -0.2) is 18.7 Å². The number of carbonyl (C=O) groups is 1. The number of alkyl halides is 3. The summed E-state index contributed by atoms with van der Waals surface area (Å²) in [6.45, 7) is 2.37. The van der Waals surface area contributed by atoms with Crippen LogP contribution in [0.15, 0.2) is 48.5 Å². The Kier molecular flexibility index (Phi) is 4.88. The predicted molar refractivity (Wildman–Crippen MR) is 93.0 cm³/mol. The fraction of sp³-hybridized carbons (Fsp3) is 0.350. The van der Waals surface area contributed by atoms with E-state index in [2.05, 4.69) is 5.32 Å². The fourth-order valence-corrected chi connectivity index (χ4v) is 3.51. The van der Waals surface area contributed by atoms with E-state index in [0.717, 1.165) is 23.8 Å². The molecule has 0 bridgehead atoms. The van der Waals surface area contributed by atoms with Gasteiger partial charge in [-0.2, -0.15) is 13.2 Å². The lowest BCUT2D eigenvalue weighted by Gasteiger charge is -2.14. The molecule has 2 aromatic rings. The average molecular weight is 381 g/mol. The van der Waals surface area contributed by atoms with Gasteiger partial charge in [0.15, 0.2) is 6.61 Å². The minimum Gasteiger partial charge on any atom is -0.482 e. The molecule has 1 aliphatic rings. The third-order valence-corrected chi connectivity index (χ3v) is 4.86. The minimum absolute atomic E-state index is 0.0215. The summed E-state index contributed by atoms with van der Waals surface area (Å²) in [5, 5.41) is 2.53. The van der Waals surface area contributed by atoms with Gasteiger partial charge in [-0.3, -0.25) is 4.79 Å². The van der Waals surface area contributed by atoms with E-state index in [9.17, 15) is 22.4 Å². The molecular formula is C20H19F4NO2. The van der Waals surface area contributed by atoms with Crippen molar-refractivity contribution in [3.63, 3.8) is 0 Å². The Bertz CT molecular complexity index is 834. The summed E-state index contributed by atoms with van der Waals surface area (Å²) in [6.07, 6.45) is -4.54. The molecule has 1 aliphatic carbocycles. The van der Waals surface area contributed by atoms with Crippen LogP contribution in [0, 0.1) is 17.2 Å². The molecule has 3 nitrogen and oxygen atoms in total. The second-order valence-electron chi connectivity index (χ2n) is 7.22. The molecule has 27 heavy (non-hydrogen) atoms. The van der Waals surface area contributed by atoms with E-state index >= 15 is 0 Å². The number of carbonyl (C=O) groups excluding carboxylic acids is 1. The number of rotatable bonds is 5. The lowest BCUT2D eigenvalue weighted by atomic mass is 10.0. The Morgan fingerprint density at radius 3 is 2.44 bits per heavy atom. The molecule has 1 saturated carbocycles. The second-order valence-corrected chi connectivity index (χ2v) is 7.22. The SMILES string of the molecule is CC1(C)[C@H](C(=O)Nc2cc(F)ccc2OCC(F)(F)F)[C@H]1c1ccccc1. The Balaban J connectivity index is 1.77. The number of hydrogen-bond donors (Lipinski definition) is 1. The maximum absolute atomic E-state index is 13.6. The first-order chi connectivity index (χ1) is 12.6. The van der Waals surface area contributed by atoms with Gasteiger partial charge in [0, 0.05) is 12.0 Å². The number of hydrogen-bond acceptors (Lipinski definition) is 2. The molecule has 7 heteroatoms. The third kappa shape index (κ3) is 4.23. The first-order valence-corrected chi connectivity index (χ1v) is 8.44. The highest BCUT2D eigenvalue weighted by Crippen LogP contribution is 2.64.